The average Bonchev–Trinajstić information content (AvgIpc) is 3.40. The highest BCUT2D eigenvalue weighted by Gasteiger charge is 2.91. The number of rotatable bonds is 4. The zero-order valence-electron chi connectivity index (χ0n) is 14.5. The van der Waals surface area contributed by atoms with Crippen LogP contribution in [0, 0.1) is 29.6 Å². The number of nitrogens with one attached hydrogen (secondary N) is 1. The van der Waals surface area contributed by atoms with Gasteiger partial charge in [-0.15, -0.1) is 0 Å². The van der Waals surface area contributed by atoms with Gasteiger partial charge in [0.25, 0.3) is 11.8 Å². The Hall–Kier alpha value is -2.70. The second-order valence-corrected chi connectivity index (χ2v) is 7.93. The SMILES string of the molecule is CC1=NN(c2ccc(C(=O)NC34CC(C(=O)O)C5C3[C@@H]54)cc2)C(=O)C1C. The highest BCUT2D eigenvalue weighted by Crippen LogP contribution is 2.85. The molecule has 7 heteroatoms. The van der Waals surface area contributed by atoms with Gasteiger partial charge in [-0.3, -0.25) is 14.4 Å². The molecule has 0 saturated heterocycles. The molecule has 2 bridgehead atoms. The van der Waals surface area contributed by atoms with Crippen molar-refractivity contribution >= 4 is 29.2 Å². The normalized spacial score (nSPS) is 38.7. The number of carboxylic acid groups (broad SMARTS) is 1. The van der Waals surface area contributed by atoms with E-state index in [0.29, 0.717) is 29.5 Å². The Morgan fingerprint density at radius 3 is 2.42 bits per heavy atom. The molecular formula is C19H19N3O4. The number of benzene rings is 1. The Balaban J connectivity index is 1.28. The second kappa shape index (κ2) is 4.72. The molecule has 134 valence electrons. The molecule has 5 aliphatic rings. The van der Waals surface area contributed by atoms with Crippen molar-refractivity contribution in [2.75, 3.05) is 5.01 Å². The predicted octanol–water partition coefficient (Wildman–Crippen LogP) is 1.49. The largest absolute Gasteiger partial charge is 0.481 e. The number of hydrazone groups is 1. The molecule has 4 aliphatic carbocycles. The van der Waals surface area contributed by atoms with E-state index >= 15 is 0 Å². The summed E-state index contributed by atoms with van der Waals surface area (Å²) in [5, 5.41) is 17.9. The van der Waals surface area contributed by atoms with Crippen LogP contribution >= 0.6 is 0 Å². The van der Waals surface area contributed by atoms with Crippen LogP contribution in [0.2, 0.25) is 0 Å². The summed E-state index contributed by atoms with van der Waals surface area (Å²) in [6.07, 6.45) is 0.542. The highest BCUT2D eigenvalue weighted by molar-refractivity contribution is 6.14. The van der Waals surface area contributed by atoms with Crippen LogP contribution in [0.5, 0.6) is 0 Å². The lowest BCUT2D eigenvalue weighted by Crippen LogP contribution is -2.40. The number of carbonyl (C=O) groups excluding carboxylic acids is 2. The van der Waals surface area contributed by atoms with E-state index in [0.717, 1.165) is 5.71 Å². The minimum absolute atomic E-state index is 0.0756. The van der Waals surface area contributed by atoms with Crippen molar-refractivity contribution in [3.05, 3.63) is 29.8 Å². The Morgan fingerprint density at radius 1 is 1.27 bits per heavy atom. The maximum Gasteiger partial charge on any atom is 0.306 e. The van der Waals surface area contributed by atoms with Gasteiger partial charge in [-0.05, 0) is 62.3 Å². The summed E-state index contributed by atoms with van der Waals surface area (Å²) < 4.78 is 0. The summed E-state index contributed by atoms with van der Waals surface area (Å²) in [5.41, 5.74) is 1.62. The number of carboxylic acids is 1. The van der Waals surface area contributed by atoms with Gasteiger partial charge < -0.3 is 10.4 Å². The number of amides is 2. The molecule has 1 aromatic carbocycles. The van der Waals surface area contributed by atoms with E-state index in [9.17, 15) is 19.5 Å². The fraction of sp³-hybridized carbons (Fsp3) is 0.474. The van der Waals surface area contributed by atoms with E-state index in [1.165, 1.54) is 5.01 Å². The standard InChI is InChI=1S/C19H19N3O4/c1-8-9(2)21-22(17(8)24)11-5-3-10(4-6-11)16(23)20-19-7-12(18(25)26)13-14(19)15(13)19/h3-6,8,12-15H,7H2,1-2H3,(H,20,23)(H,25,26)/t8?,12?,13?,14-,15?,19?/m1/s1. The molecule has 0 aromatic heterocycles. The smallest absolute Gasteiger partial charge is 0.306 e. The van der Waals surface area contributed by atoms with Gasteiger partial charge in [-0.1, -0.05) is 0 Å². The zero-order chi connectivity index (χ0) is 18.4. The van der Waals surface area contributed by atoms with Crippen LogP contribution in [0.1, 0.15) is 30.6 Å². The van der Waals surface area contributed by atoms with Crippen LogP contribution in [0.4, 0.5) is 5.69 Å². The molecule has 1 aliphatic heterocycles. The summed E-state index contributed by atoms with van der Waals surface area (Å²) in [6, 6.07) is 6.78. The molecule has 26 heavy (non-hydrogen) atoms. The van der Waals surface area contributed by atoms with E-state index in [1.807, 2.05) is 13.8 Å². The summed E-state index contributed by atoms with van der Waals surface area (Å²) in [6.45, 7) is 3.65. The van der Waals surface area contributed by atoms with Gasteiger partial charge >= 0.3 is 5.97 Å². The number of fused-ring (bicyclic) bond motifs is 1. The van der Waals surface area contributed by atoms with Crippen LogP contribution in [0.3, 0.4) is 0 Å². The maximum absolute atomic E-state index is 12.6. The van der Waals surface area contributed by atoms with Crippen molar-refractivity contribution in [1.29, 1.82) is 0 Å². The maximum atomic E-state index is 12.6. The van der Waals surface area contributed by atoms with Crippen LogP contribution in [0.15, 0.2) is 29.4 Å². The third-order valence-corrected chi connectivity index (χ3v) is 6.68. The van der Waals surface area contributed by atoms with Gasteiger partial charge in [-0.25, -0.2) is 5.01 Å². The predicted molar refractivity (Wildman–Crippen MR) is 92.6 cm³/mol. The topological polar surface area (TPSA) is 99.1 Å². The van der Waals surface area contributed by atoms with Crippen LogP contribution in [-0.2, 0) is 9.59 Å². The average molecular weight is 353 g/mol. The van der Waals surface area contributed by atoms with Gasteiger partial charge in [0.2, 0.25) is 0 Å². The molecule has 6 rings (SSSR count). The van der Waals surface area contributed by atoms with Gasteiger partial charge in [0.05, 0.1) is 17.5 Å². The lowest BCUT2D eigenvalue weighted by atomic mass is 10.1. The molecule has 7 nitrogen and oxygen atoms in total. The summed E-state index contributed by atoms with van der Waals surface area (Å²) in [5.74, 6) is -0.572. The van der Waals surface area contributed by atoms with Crippen molar-refractivity contribution in [1.82, 2.24) is 5.32 Å². The Morgan fingerprint density at radius 2 is 1.92 bits per heavy atom. The highest BCUT2D eigenvalue weighted by atomic mass is 16.4. The van der Waals surface area contributed by atoms with Crippen molar-refractivity contribution in [3.63, 3.8) is 0 Å². The molecule has 4 fully saturated rings. The van der Waals surface area contributed by atoms with Crippen LogP contribution < -0.4 is 10.3 Å². The van der Waals surface area contributed by atoms with Gasteiger partial charge in [0.15, 0.2) is 0 Å². The van der Waals surface area contributed by atoms with Crippen LogP contribution in [-0.4, -0.2) is 34.1 Å². The molecule has 5 unspecified atom stereocenters. The van der Waals surface area contributed by atoms with E-state index < -0.39 is 5.97 Å². The van der Waals surface area contributed by atoms with Gasteiger partial charge in [0.1, 0.15) is 0 Å². The Kier molecular flexibility index (Phi) is 2.82. The van der Waals surface area contributed by atoms with Crippen molar-refractivity contribution in [2.45, 2.75) is 25.8 Å². The van der Waals surface area contributed by atoms with E-state index in [2.05, 4.69) is 10.4 Å². The molecule has 4 saturated carbocycles. The molecule has 2 N–H and O–H groups in total. The van der Waals surface area contributed by atoms with Crippen molar-refractivity contribution in [2.24, 2.45) is 34.7 Å². The third-order valence-electron chi connectivity index (χ3n) is 6.68. The molecule has 2 amide bonds. The fourth-order valence-corrected chi connectivity index (χ4v) is 5.02. The minimum atomic E-state index is -0.749. The molecule has 1 heterocycles. The summed E-state index contributed by atoms with van der Waals surface area (Å²) in [4.78, 5) is 36.0. The monoisotopic (exact) mass is 353 g/mol. The number of carbonyl (C=O) groups is 3. The quantitative estimate of drug-likeness (QED) is 0.857. The lowest BCUT2D eigenvalue weighted by molar-refractivity contribution is -0.141. The first-order valence-electron chi connectivity index (χ1n) is 8.89. The summed E-state index contributed by atoms with van der Waals surface area (Å²) >= 11 is 0. The third kappa shape index (κ3) is 1.83. The number of anilines is 1. The Bertz CT molecular complexity index is 881. The van der Waals surface area contributed by atoms with E-state index in [1.54, 1.807) is 24.3 Å². The van der Waals surface area contributed by atoms with Gasteiger partial charge in [0, 0.05) is 16.8 Å². The zero-order valence-corrected chi connectivity index (χ0v) is 14.5. The molecule has 0 radical (unpaired) electrons. The second-order valence-electron chi connectivity index (χ2n) is 7.93. The Labute approximate surface area is 150 Å². The van der Waals surface area contributed by atoms with Crippen molar-refractivity contribution in [3.8, 4) is 0 Å². The van der Waals surface area contributed by atoms with Gasteiger partial charge in [-0.2, -0.15) is 5.10 Å². The number of nitrogens with zero attached hydrogens (tertiary/aromatic N) is 2. The van der Waals surface area contributed by atoms with E-state index in [-0.39, 0.29) is 35.1 Å². The first-order valence-corrected chi connectivity index (χ1v) is 8.89. The number of hydrogen-bond donors (Lipinski definition) is 2. The van der Waals surface area contributed by atoms with E-state index in [4.69, 9.17) is 0 Å². The molecule has 6 atom stereocenters. The first kappa shape index (κ1) is 15.5. The lowest BCUT2D eigenvalue weighted by Gasteiger charge is -2.19. The number of aliphatic carboxylic acids is 1. The molecule has 1 aromatic rings. The van der Waals surface area contributed by atoms with Crippen LogP contribution in [0.25, 0.3) is 0 Å². The van der Waals surface area contributed by atoms with Crippen molar-refractivity contribution < 1.29 is 19.5 Å². The first-order chi connectivity index (χ1) is 12.3. The molecule has 0 spiro atoms. The fourth-order valence-electron chi connectivity index (χ4n) is 5.02. The number of hydrogen-bond acceptors (Lipinski definition) is 4. The minimum Gasteiger partial charge on any atom is -0.481 e. The molecular weight excluding hydrogens is 334 g/mol. The summed E-state index contributed by atoms with van der Waals surface area (Å²) in [7, 11) is 0.